The molecule has 0 aliphatic rings. The van der Waals surface area contributed by atoms with Crippen molar-refractivity contribution >= 4 is 5.82 Å². The lowest BCUT2D eigenvalue weighted by molar-refractivity contribution is 0.782. The summed E-state index contributed by atoms with van der Waals surface area (Å²) in [5.74, 6) is 1.17. The maximum Gasteiger partial charge on any atom is 0.129 e. The van der Waals surface area contributed by atoms with E-state index in [9.17, 15) is 0 Å². The number of rotatable bonds is 3. The predicted molar refractivity (Wildman–Crippen MR) is 84.7 cm³/mol. The third-order valence-corrected chi connectivity index (χ3v) is 3.73. The van der Waals surface area contributed by atoms with E-state index < -0.39 is 0 Å². The van der Waals surface area contributed by atoms with E-state index in [2.05, 4.69) is 53.4 Å². The highest BCUT2D eigenvalue weighted by Crippen LogP contribution is 2.35. The molecule has 0 unspecified atom stereocenters. The maximum absolute atomic E-state index is 6.21. The summed E-state index contributed by atoms with van der Waals surface area (Å²) >= 11 is 0. The first kappa shape index (κ1) is 13.4. The van der Waals surface area contributed by atoms with Gasteiger partial charge in [-0.1, -0.05) is 38.1 Å². The van der Waals surface area contributed by atoms with Gasteiger partial charge in [-0.2, -0.15) is 10.2 Å². The number of aromatic amines is 1. The summed E-state index contributed by atoms with van der Waals surface area (Å²) < 4.78 is 1.70. The fourth-order valence-electron chi connectivity index (χ4n) is 2.44. The summed E-state index contributed by atoms with van der Waals surface area (Å²) in [6.07, 6.45) is 3.58. The van der Waals surface area contributed by atoms with Crippen molar-refractivity contribution in [3.63, 3.8) is 0 Å². The number of nitrogens with zero attached hydrogens (tertiary/aromatic N) is 3. The summed E-state index contributed by atoms with van der Waals surface area (Å²) in [6.45, 7) is 4.37. The average Bonchev–Trinajstić information content (AvgIpc) is 3.09. The van der Waals surface area contributed by atoms with Crippen molar-refractivity contribution in [2.45, 2.75) is 19.8 Å². The van der Waals surface area contributed by atoms with Gasteiger partial charge in [0.05, 0.1) is 11.8 Å². The van der Waals surface area contributed by atoms with Gasteiger partial charge >= 0.3 is 0 Å². The normalized spacial score (nSPS) is 11.2. The smallest absolute Gasteiger partial charge is 0.129 e. The van der Waals surface area contributed by atoms with Crippen LogP contribution in [0.5, 0.6) is 0 Å². The molecule has 0 aliphatic heterocycles. The third-order valence-electron chi connectivity index (χ3n) is 3.73. The van der Waals surface area contributed by atoms with Crippen LogP contribution in [-0.4, -0.2) is 20.0 Å². The minimum atomic E-state index is 0.513. The van der Waals surface area contributed by atoms with Gasteiger partial charge in [-0.25, -0.2) is 0 Å². The molecule has 3 rings (SSSR count). The lowest BCUT2D eigenvalue weighted by Crippen LogP contribution is -1.98. The molecule has 2 heterocycles. The first-order chi connectivity index (χ1) is 10.1. The van der Waals surface area contributed by atoms with Crippen LogP contribution in [0.1, 0.15) is 25.3 Å². The monoisotopic (exact) mass is 281 g/mol. The van der Waals surface area contributed by atoms with Crippen molar-refractivity contribution in [1.82, 2.24) is 20.0 Å². The van der Waals surface area contributed by atoms with Gasteiger partial charge in [0.15, 0.2) is 0 Å². The molecule has 0 radical (unpaired) electrons. The molecule has 0 aliphatic carbocycles. The molecule has 0 amide bonds. The molecule has 3 aromatic rings. The third kappa shape index (κ3) is 2.31. The number of benzene rings is 1. The molecule has 108 valence electrons. The van der Waals surface area contributed by atoms with Crippen LogP contribution in [0.3, 0.4) is 0 Å². The molecule has 0 bridgehead atoms. The molecular weight excluding hydrogens is 262 g/mol. The van der Waals surface area contributed by atoms with Crippen LogP contribution in [-0.2, 0) is 7.05 Å². The molecule has 21 heavy (non-hydrogen) atoms. The summed E-state index contributed by atoms with van der Waals surface area (Å²) in [5, 5.41) is 11.3. The van der Waals surface area contributed by atoms with Gasteiger partial charge < -0.3 is 5.73 Å². The highest BCUT2D eigenvalue weighted by molar-refractivity contribution is 5.87. The number of H-pyrrole nitrogens is 1. The van der Waals surface area contributed by atoms with Crippen LogP contribution in [0.15, 0.2) is 36.7 Å². The Morgan fingerprint density at radius 3 is 2.43 bits per heavy atom. The summed E-state index contributed by atoms with van der Waals surface area (Å²) in [4.78, 5) is 0. The van der Waals surface area contributed by atoms with Crippen LogP contribution < -0.4 is 5.73 Å². The molecule has 0 saturated carbocycles. The number of anilines is 1. The first-order valence-corrected chi connectivity index (χ1v) is 7.00. The molecule has 3 N–H and O–H groups in total. The Labute approximate surface area is 123 Å². The van der Waals surface area contributed by atoms with Crippen molar-refractivity contribution in [3.8, 4) is 22.4 Å². The van der Waals surface area contributed by atoms with Crippen LogP contribution >= 0.6 is 0 Å². The molecule has 0 fully saturated rings. The van der Waals surface area contributed by atoms with E-state index in [4.69, 9.17) is 5.73 Å². The van der Waals surface area contributed by atoms with Gasteiger partial charge in [-0.3, -0.25) is 9.78 Å². The molecule has 5 heteroatoms. The number of nitrogen functional groups attached to an aromatic ring is 1. The largest absolute Gasteiger partial charge is 0.383 e. The second-order valence-corrected chi connectivity index (χ2v) is 5.50. The fourth-order valence-corrected chi connectivity index (χ4v) is 2.44. The van der Waals surface area contributed by atoms with E-state index in [1.807, 2.05) is 13.2 Å². The molecule has 0 saturated heterocycles. The summed E-state index contributed by atoms with van der Waals surface area (Å²) in [7, 11) is 1.85. The Morgan fingerprint density at radius 2 is 1.86 bits per heavy atom. The van der Waals surface area contributed by atoms with E-state index in [-0.39, 0.29) is 0 Å². The minimum Gasteiger partial charge on any atom is -0.383 e. The number of nitrogens with one attached hydrogen (secondary N) is 1. The van der Waals surface area contributed by atoms with Gasteiger partial charge in [0.25, 0.3) is 0 Å². The van der Waals surface area contributed by atoms with Gasteiger partial charge in [0.2, 0.25) is 0 Å². The zero-order valence-corrected chi connectivity index (χ0v) is 12.5. The number of hydrogen-bond acceptors (Lipinski definition) is 3. The standard InChI is InChI=1S/C16H19N5/c1-10(2)11-4-6-12(7-5-11)14-15(13-8-18-19-9-13)20-21(3)16(14)17/h4-10H,17H2,1-3H3,(H,18,19). The summed E-state index contributed by atoms with van der Waals surface area (Å²) in [6, 6.07) is 8.50. The van der Waals surface area contributed by atoms with Crippen molar-refractivity contribution in [1.29, 1.82) is 0 Å². The zero-order valence-electron chi connectivity index (χ0n) is 12.5. The molecule has 0 spiro atoms. The summed E-state index contributed by atoms with van der Waals surface area (Å²) in [5.41, 5.74) is 11.3. The molecule has 5 nitrogen and oxygen atoms in total. The van der Waals surface area contributed by atoms with E-state index in [1.54, 1.807) is 10.9 Å². The molecule has 2 aromatic heterocycles. The Bertz CT molecular complexity index is 736. The number of nitrogens with two attached hydrogens (primary N) is 1. The first-order valence-electron chi connectivity index (χ1n) is 7.00. The van der Waals surface area contributed by atoms with Gasteiger partial charge in [0, 0.05) is 18.8 Å². The van der Waals surface area contributed by atoms with E-state index in [0.717, 1.165) is 22.4 Å². The quantitative estimate of drug-likeness (QED) is 0.774. The van der Waals surface area contributed by atoms with E-state index in [0.29, 0.717) is 11.7 Å². The average molecular weight is 281 g/mol. The van der Waals surface area contributed by atoms with Gasteiger partial charge in [-0.05, 0) is 17.0 Å². The van der Waals surface area contributed by atoms with Crippen molar-refractivity contribution < 1.29 is 0 Å². The Balaban J connectivity index is 2.13. The topological polar surface area (TPSA) is 72.5 Å². The fraction of sp³-hybridized carbons (Fsp3) is 0.250. The highest BCUT2D eigenvalue weighted by atomic mass is 15.3. The Morgan fingerprint density at radius 1 is 1.14 bits per heavy atom. The number of aryl methyl sites for hydroxylation is 1. The second-order valence-electron chi connectivity index (χ2n) is 5.50. The Kier molecular flexibility index (Phi) is 3.25. The number of hydrogen-bond donors (Lipinski definition) is 2. The van der Waals surface area contributed by atoms with Crippen LogP contribution in [0.4, 0.5) is 5.82 Å². The van der Waals surface area contributed by atoms with Crippen molar-refractivity contribution in [2.24, 2.45) is 7.05 Å². The maximum atomic E-state index is 6.21. The van der Waals surface area contributed by atoms with E-state index in [1.165, 1.54) is 5.56 Å². The minimum absolute atomic E-state index is 0.513. The Hall–Kier alpha value is -2.56. The predicted octanol–water partition coefficient (Wildman–Crippen LogP) is 3.18. The highest BCUT2D eigenvalue weighted by Gasteiger charge is 2.18. The van der Waals surface area contributed by atoms with E-state index >= 15 is 0 Å². The van der Waals surface area contributed by atoms with Gasteiger partial charge in [0.1, 0.15) is 11.5 Å². The molecular formula is C16H19N5. The SMILES string of the molecule is CC(C)c1ccc(-c2c(-c3cn[nH]c3)nn(C)c2N)cc1. The zero-order chi connectivity index (χ0) is 15.0. The van der Waals surface area contributed by atoms with Crippen LogP contribution in [0, 0.1) is 0 Å². The van der Waals surface area contributed by atoms with Crippen LogP contribution in [0.2, 0.25) is 0 Å². The van der Waals surface area contributed by atoms with Crippen LogP contribution in [0.25, 0.3) is 22.4 Å². The lowest BCUT2D eigenvalue weighted by Gasteiger charge is -2.07. The number of aromatic nitrogens is 4. The second kappa shape index (κ2) is 5.09. The van der Waals surface area contributed by atoms with Crippen molar-refractivity contribution in [3.05, 3.63) is 42.2 Å². The molecule has 0 atom stereocenters. The molecule has 1 aromatic carbocycles. The van der Waals surface area contributed by atoms with Gasteiger partial charge in [-0.15, -0.1) is 0 Å². The lowest BCUT2D eigenvalue weighted by atomic mass is 9.97. The van der Waals surface area contributed by atoms with Crippen molar-refractivity contribution in [2.75, 3.05) is 5.73 Å².